The van der Waals surface area contributed by atoms with E-state index in [2.05, 4.69) is 0 Å². The maximum atomic E-state index is 8.58. The minimum absolute atomic E-state index is 0. The first-order chi connectivity index (χ1) is 5.97. The van der Waals surface area contributed by atoms with Crippen LogP contribution in [-0.2, 0) is 10.5 Å². The van der Waals surface area contributed by atoms with Gasteiger partial charge >= 0.3 is 124 Å². The van der Waals surface area contributed by atoms with Gasteiger partial charge in [0.05, 0.1) is 0 Å². The molecule has 0 spiro atoms. The Morgan fingerprint density at radius 2 is 0.643 bits per heavy atom. The molecule has 65 valence electrons. The molecule has 0 rings (SSSR count). The summed E-state index contributed by atoms with van der Waals surface area (Å²) in [6.45, 7) is 0. The fourth-order valence-corrected chi connectivity index (χ4v) is 1.03. The van der Waals surface area contributed by atoms with E-state index in [1.807, 2.05) is 0 Å². The summed E-state index contributed by atoms with van der Waals surface area (Å²) in [5.41, 5.74) is 0. The van der Waals surface area contributed by atoms with Crippen LogP contribution in [0, 0.1) is 61.6 Å². The predicted molar refractivity (Wildman–Crippen MR) is 40.8 cm³/mol. The second-order valence-electron chi connectivity index (χ2n) is 1.70. The summed E-state index contributed by atoms with van der Waals surface area (Å²) in [7, 11) is -6.03. The van der Waals surface area contributed by atoms with E-state index in [1.165, 1.54) is 0 Å². The van der Waals surface area contributed by atoms with E-state index in [0.717, 1.165) is 30.0 Å². The van der Waals surface area contributed by atoms with Crippen LogP contribution < -0.4 is 0 Å². The Labute approximate surface area is 122 Å². The zero-order valence-electron chi connectivity index (χ0n) is 6.02. The van der Waals surface area contributed by atoms with Crippen LogP contribution in [0.25, 0.3) is 0 Å². The van der Waals surface area contributed by atoms with Crippen LogP contribution >= 0.6 is 0 Å². The average molecular weight is 255 g/mol. The monoisotopic (exact) mass is 255 g/mol. The third-order valence-electron chi connectivity index (χ3n) is 1.12. The Bertz CT molecular complexity index is 392. The van der Waals surface area contributed by atoms with Crippen molar-refractivity contribution in [3.05, 3.63) is 0 Å². The van der Waals surface area contributed by atoms with Crippen LogP contribution in [0.3, 0.4) is 0 Å². The molecule has 0 N–H and O–H groups in total. The molecule has 8 heteroatoms. The van der Waals surface area contributed by atoms with Gasteiger partial charge in [-0.3, -0.25) is 0 Å². The maximum absolute atomic E-state index is 8.58. The summed E-state index contributed by atoms with van der Waals surface area (Å²) < 4.78 is 0. The molecule has 6 nitrogen and oxygen atoms in total. The molecule has 0 saturated heterocycles. The molecule has 0 heterocycles. The van der Waals surface area contributed by atoms with Crippen molar-refractivity contribution in [3.8, 4) is 30.0 Å². The second kappa shape index (κ2) is 3.68. The van der Waals surface area contributed by atoms with Crippen molar-refractivity contribution in [1.82, 2.24) is 0 Å². The molecule has 0 aromatic heterocycles. The molecule has 0 amide bonds. The summed E-state index contributed by atoms with van der Waals surface area (Å²) in [5, 5.41) is 57.6. The molecule has 0 aliphatic heterocycles. The van der Waals surface area contributed by atoms with E-state index < -0.39 is 10.5 Å². The zero-order chi connectivity index (χ0) is 10.7. The molecule has 0 aromatic carbocycles. The van der Waals surface area contributed by atoms with Crippen molar-refractivity contribution < 1.29 is 10.5 Å². The van der Waals surface area contributed by atoms with Gasteiger partial charge in [0, 0.05) is 0 Å². The molecular formula is C6HCoKN6. The SMILES string of the molecule is N#[C][Co]([C]#N)([C]#N)([C]#N)([C]#N)[C]#N.[KH]. The fraction of sp³-hybridized carbons (Fsp3) is 0. The summed E-state index contributed by atoms with van der Waals surface area (Å²) in [6, 6.07) is 0. The van der Waals surface area contributed by atoms with Crippen molar-refractivity contribution in [1.29, 1.82) is 31.6 Å². The van der Waals surface area contributed by atoms with Gasteiger partial charge in [0.1, 0.15) is 0 Å². The molecule has 14 heavy (non-hydrogen) atoms. The van der Waals surface area contributed by atoms with Gasteiger partial charge in [-0.1, -0.05) is 0 Å². The molecule has 0 atom stereocenters. The molecule has 0 unspecified atom stereocenters. The summed E-state index contributed by atoms with van der Waals surface area (Å²) in [4.78, 5) is 0. The van der Waals surface area contributed by atoms with Gasteiger partial charge in [-0.2, -0.15) is 0 Å². The van der Waals surface area contributed by atoms with Gasteiger partial charge in [0.25, 0.3) is 0 Å². The summed E-state index contributed by atoms with van der Waals surface area (Å²) in [6.07, 6.45) is 0. The van der Waals surface area contributed by atoms with E-state index in [0.29, 0.717) is 0 Å². The van der Waals surface area contributed by atoms with Gasteiger partial charge in [-0.05, 0) is 0 Å². The molecule has 0 fully saturated rings. The minimum atomic E-state index is -6.03. The third-order valence-corrected chi connectivity index (χ3v) is 4.61. The molecule has 0 aromatic rings. The Hall–Kier alpha value is -0.917. The molecule has 0 aliphatic rings. The Morgan fingerprint density at radius 3 is 0.643 bits per heavy atom. The number of rotatable bonds is 0. The van der Waals surface area contributed by atoms with Crippen LogP contribution in [0.2, 0.25) is 0 Å². The predicted octanol–water partition coefficient (Wildman–Crippen LogP) is -0.550. The Morgan fingerprint density at radius 1 is 0.500 bits per heavy atom. The van der Waals surface area contributed by atoms with Gasteiger partial charge in [0.15, 0.2) is 0 Å². The first-order valence-corrected chi connectivity index (χ1v) is 5.46. The molecular weight excluding hydrogens is 254 g/mol. The van der Waals surface area contributed by atoms with Crippen molar-refractivity contribution in [3.63, 3.8) is 0 Å². The van der Waals surface area contributed by atoms with Crippen LogP contribution in [0.1, 0.15) is 0 Å². The summed E-state index contributed by atoms with van der Waals surface area (Å²) >= 11 is 0. The third kappa shape index (κ3) is 1.33. The number of hydrogen-bond acceptors (Lipinski definition) is 6. The fourth-order valence-electron chi connectivity index (χ4n) is 0.250. The van der Waals surface area contributed by atoms with Crippen LogP contribution in [-0.4, -0.2) is 51.4 Å². The van der Waals surface area contributed by atoms with Gasteiger partial charge in [-0.25, -0.2) is 0 Å². The molecule has 0 bridgehead atoms. The Balaban J connectivity index is 0. The van der Waals surface area contributed by atoms with Crippen LogP contribution in [0.15, 0.2) is 0 Å². The van der Waals surface area contributed by atoms with Gasteiger partial charge < -0.3 is 0 Å². The van der Waals surface area contributed by atoms with Gasteiger partial charge in [-0.15, -0.1) is 0 Å². The number of hydrogen-bond donors (Lipinski definition) is 0. The first-order valence-electron chi connectivity index (χ1n) is 2.34. The van der Waals surface area contributed by atoms with E-state index in [1.54, 1.807) is 0 Å². The average Bonchev–Trinajstić information content (AvgIpc) is 2.26. The number of nitrogens with zero attached hydrogens (tertiary/aromatic N) is 6. The van der Waals surface area contributed by atoms with Crippen LogP contribution in [0.5, 0.6) is 0 Å². The van der Waals surface area contributed by atoms with E-state index in [9.17, 15) is 0 Å². The van der Waals surface area contributed by atoms with Crippen molar-refractivity contribution in [2.45, 2.75) is 0 Å². The Kier molecular flexibility index (Phi) is 4.09. The first kappa shape index (κ1) is 15.6. The van der Waals surface area contributed by atoms with Gasteiger partial charge in [0.2, 0.25) is 0 Å². The number of nitriles is 6. The quantitative estimate of drug-likeness (QED) is 0.531. The molecule has 0 aliphatic carbocycles. The molecule has 0 saturated carbocycles. The topological polar surface area (TPSA) is 143 Å². The van der Waals surface area contributed by atoms with Crippen molar-refractivity contribution in [2.75, 3.05) is 0 Å². The van der Waals surface area contributed by atoms with E-state index >= 15 is 0 Å². The van der Waals surface area contributed by atoms with Crippen LogP contribution in [0.4, 0.5) is 0 Å². The second-order valence-corrected chi connectivity index (χ2v) is 7.00. The normalized spacial score (nSPS) is 12.4. The summed E-state index contributed by atoms with van der Waals surface area (Å²) in [5.74, 6) is 0. The van der Waals surface area contributed by atoms with Crippen molar-refractivity contribution in [2.24, 2.45) is 0 Å². The standard InChI is InChI=1S/6CN.Co.K.H/c6*1-2;;;. The van der Waals surface area contributed by atoms with E-state index in [-0.39, 0.29) is 51.4 Å². The molecule has 0 radical (unpaired) electrons. The van der Waals surface area contributed by atoms with E-state index in [4.69, 9.17) is 31.6 Å². The van der Waals surface area contributed by atoms with Crippen molar-refractivity contribution >= 4 is 51.4 Å². The zero-order valence-corrected chi connectivity index (χ0v) is 7.06.